The number of carbonyl (C=O) groups excluding carboxylic acids is 2. The van der Waals surface area contributed by atoms with Crippen molar-refractivity contribution >= 4 is 17.5 Å². The quantitative estimate of drug-likeness (QED) is 0.808. The number of nitrogens with zero attached hydrogens (tertiary/aromatic N) is 3. The Hall–Kier alpha value is -2.77. The van der Waals surface area contributed by atoms with Crippen molar-refractivity contribution in [1.82, 2.24) is 19.6 Å². The molecule has 1 N–H and O–H groups in total. The van der Waals surface area contributed by atoms with E-state index in [0.29, 0.717) is 13.1 Å². The molecule has 1 saturated carbocycles. The van der Waals surface area contributed by atoms with Crippen molar-refractivity contribution in [1.29, 1.82) is 0 Å². The molecule has 2 aromatic rings. The molecule has 8 heteroatoms. The van der Waals surface area contributed by atoms with Crippen LogP contribution < -0.4 is 10.1 Å². The van der Waals surface area contributed by atoms with E-state index >= 15 is 0 Å². The molecule has 0 aromatic carbocycles. The van der Waals surface area contributed by atoms with Gasteiger partial charge in [-0.1, -0.05) is 0 Å². The number of carbonyl (C=O) groups is 2. The highest BCUT2D eigenvalue weighted by molar-refractivity contribution is 5.82. The minimum Gasteiger partial charge on any atom is -0.494 e. The molecular weight excluding hydrogens is 396 g/mol. The standard InChI is InChI=1S/C23H32N4O4/c1-22(2,3)31-21(29)26-12-14-10-15(13-26)18(14)19(28)25-23(4,5)20-24-11-16-17(30-6)8-7-9-27(16)20/h7-9,11,14-15,18H,10,12-13H2,1-6H3,(H,25,28). The number of fused-ring (bicyclic) bond motifs is 3. The molecule has 8 nitrogen and oxygen atoms in total. The first-order valence-corrected chi connectivity index (χ1v) is 10.8. The first-order chi connectivity index (χ1) is 14.5. The van der Waals surface area contributed by atoms with Crippen LogP contribution in [0.4, 0.5) is 4.79 Å². The lowest BCUT2D eigenvalue weighted by Gasteiger charge is -2.52. The molecule has 2 fully saturated rings. The van der Waals surface area contributed by atoms with Gasteiger partial charge in [0.15, 0.2) is 0 Å². The van der Waals surface area contributed by atoms with Crippen LogP contribution in [0.1, 0.15) is 46.9 Å². The molecule has 1 saturated heterocycles. The summed E-state index contributed by atoms with van der Waals surface area (Å²) in [5, 5.41) is 3.20. The van der Waals surface area contributed by atoms with Crippen molar-refractivity contribution in [3.63, 3.8) is 0 Å². The van der Waals surface area contributed by atoms with Crippen molar-refractivity contribution < 1.29 is 19.1 Å². The molecule has 2 bridgehead atoms. The molecule has 0 radical (unpaired) electrons. The lowest BCUT2D eigenvalue weighted by Crippen LogP contribution is -2.62. The molecule has 1 aliphatic heterocycles. The number of nitrogens with one attached hydrogen (secondary N) is 1. The first-order valence-electron chi connectivity index (χ1n) is 10.8. The van der Waals surface area contributed by atoms with Gasteiger partial charge in [-0.3, -0.25) is 9.20 Å². The fourth-order valence-corrected chi connectivity index (χ4v) is 4.87. The minimum atomic E-state index is -0.662. The molecule has 31 heavy (non-hydrogen) atoms. The van der Waals surface area contributed by atoms with Gasteiger partial charge in [0.05, 0.1) is 18.8 Å². The second kappa shape index (κ2) is 7.43. The largest absolute Gasteiger partial charge is 0.494 e. The highest BCUT2D eigenvalue weighted by atomic mass is 16.6. The van der Waals surface area contributed by atoms with Crippen LogP contribution in [-0.2, 0) is 15.1 Å². The molecule has 168 valence electrons. The molecular formula is C23H32N4O4. The highest BCUT2D eigenvalue weighted by Crippen LogP contribution is 2.46. The van der Waals surface area contributed by atoms with E-state index in [0.717, 1.165) is 23.5 Å². The smallest absolute Gasteiger partial charge is 0.410 e. The third-order valence-corrected chi connectivity index (χ3v) is 6.23. The van der Waals surface area contributed by atoms with Crippen LogP contribution in [-0.4, -0.2) is 52.1 Å². The van der Waals surface area contributed by atoms with Crippen LogP contribution in [0.2, 0.25) is 0 Å². The summed E-state index contributed by atoms with van der Waals surface area (Å²) < 4.78 is 12.9. The van der Waals surface area contributed by atoms with Gasteiger partial charge < -0.3 is 19.7 Å². The zero-order valence-corrected chi connectivity index (χ0v) is 19.1. The minimum absolute atomic E-state index is 0.0229. The van der Waals surface area contributed by atoms with E-state index in [2.05, 4.69) is 10.3 Å². The van der Waals surface area contributed by atoms with Gasteiger partial charge in [0, 0.05) is 25.2 Å². The Morgan fingerprint density at radius 3 is 2.45 bits per heavy atom. The zero-order valence-electron chi connectivity index (χ0n) is 19.1. The SMILES string of the molecule is COc1cccn2c(C(C)(C)NC(=O)C3C4CC3CN(C(=O)OC(C)(C)C)C4)ncc12. The van der Waals surface area contributed by atoms with Crippen LogP contribution in [0.3, 0.4) is 0 Å². The zero-order chi connectivity index (χ0) is 22.6. The molecule has 0 spiro atoms. The number of hydrogen-bond acceptors (Lipinski definition) is 5. The van der Waals surface area contributed by atoms with Crippen LogP contribution in [0.5, 0.6) is 5.75 Å². The average Bonchev–Trinajstić information content (AvgIpc) is 3.11. The summed E-state index contributed by atoms with van der Waals surface area (Å²) in [4.78, 5) is 31.9. The third kappa shape index (κ3) is 3.95. The van der Waals surface area contributed by atoms with Gasteiger partial charge in [0.2, 0.25) is 5.91 Å². The summed E-state index contributed by atoms with van der Waals surface area (Å²) in [5.74, 6) is 1.75. The average molecular weight is 429 g/mol. The number of aromatic nitrogens is 2. The van der Waals surface area contributed by atoms with Crippen molar-refractivity contribution in [2.24, 2.45) is 17.8 Å². The van der Waals surface area contributed by atoms with E-state index in [-0.39, 0.29) is 29.8 Å². The predicted molar refractivity (Wildman–Crippen MR) is 116 cm³/mol. The summed E-state index contributed by atoms with van der Waals surface area (Å²) in [6, 6.07) is 3.79. The van der Waals surface area contributed by atoms with E-state index in [9.17, 15) is 9.59 Å². The maximum atomic E-state index is 13.2. The predicted octanol–water partition coefficient (Wildman–Crippen LogP) is 3.20. The Labute approximate surface area is 182 Å². The van der Waals surface area contributed by atoms with E-state index in [4.69, 9.17) is 9.47 Å². The number of rotatable bonds is 4. The maximum Gasteiger partial charge on any atom is 0.410 e. The van der Waals surface area contributed by atoms with Gasteiger partial charge in [-0.25, -0.2) is 9.78 Å². The normalized spacial score (nSPS) is 23.3. The third-order valence-electron chi connectivity index (χ3n) is 6.23. The van der Waals surface area contributed by atoms with Crippen molar-refractivity contribution in [3.05, 3.63) is 30.4 Å². The summed E-state index contributed by atoms with van der Waals surface area (Å²) in [7, 11) is 1.63. The van der Waals surface area contributed by atoms with Crippen molar-refractivity contribution in [3.8, 4) is 5.75 Å². The topological polar surface area (TPSA) is 85.2 Å². The molecule has 2 atom stereocenters. The van der Waals surface area contributed by atoms with E-state index in [1.807, 2.05) is 57.3 Å². The molecule has 2 unspecified atom stereocenters. The van der Waals surface area contributed by atoms with Crippen LogP contribution in [0, 0.1) is 17.8 Å². The summed E-state index contributed by atoms with van der Waals surface area (Å²) >= 11 is 0. The van der Waals surface area contributed by atoms with E-state index in [1.165, 1.54) is 0 Å². The Kier molecular flexibility index (Phi) is 5.14. The second-order valence-corrected chi connectivity index (χ2v) is 10.2. The Balaban J connectivity index is 1.44. The van der Waals surface area contributed by atoms with Crippen LogP contribution in [0.25, 0.3) is 5.52 Å². The Morgan fingerprint density at radius 1 is 1.16 bits per heavy atom. The summed E-state index contributed by atoms with van der Waals surface area (Å²) in [6.45, 7) is 10.6. The number of likely N-dealkylation sites (tertiary alicyclic amines) is 1. The monoisotopic (exact) mass is 428 g/mol. The van der Waals surface area contributed by atoms with Gasteiger partial charge in [-0.05, 0) is 65.0 Å². The van der Waals surface area contributed by atoms with Crippen molar-refractivity contribution in [2.75, 3.05) is 20.2 Å². The molecule has 2 aliphatic rings. The van der Waals surface area contributed by atoms with E-state index < -0.39 is 11.1 Å². The second-order valence-electron chi connectivity index (χ2n) is 10.2. The van der Waals surface area contributed by atoms with Crippen LogP contribution >= 0.6 is 0 Å². The van der Waals surface area contributed by atoms with Gasteiger partial charge >= 0.3 is 6.09 Å². The number of amides is 2. The maximum absolute atomic E-state index is 13.2. The number of ether oxygens (including phenoxy) is 2. The molecule has 4 rings (SSSR count). The number of hydrogen-bond donors (Lipinski definition) is 1. The first kappa shape index (κ1) is 21.5. The Bertz CT molecular complexity index is 995. The molecule has 1 aliphatic carbocycles. The lowest BCUT2D eigenvalue weighted by molar-refractivity contribution is -0.143. The van der Waals surface area contributed by atoms with Gasteiger partial charge in [-0.15, -0.1) is 0 Å². The van der Waals surface area contributed by atoms with Crippen LogP contribution in [0.15, 0.2) is 24.5 Å². The van der Waals surface area contributed by atoms with Gasteiger partial charge in [0.1, 0.15) is 22.7 Å². The molecule has 2 amide bonds. The summed E-state index contributed by atoms with van der Waals surface area (Å²) in [6.07, 6.45) is 4.37. The molecule has 2 aromatic heterocycles. The van der Waals surface area contributed by atoms with Crippen molar-refractivity contribution in [2.45, 2.75) is 52.2 Å². The summed E-state index contributed by atoms with van der Waals surface area (Å²) in [5.41, 5.74) is -0.324. The number of methoxy groups -OCH3 is 1. The Morgan fingerprint density at radius 2 is 1.84 bits per heavy atom. The fourth-order valence-electron chi connectivity index (χ4n) is 4.87. The highest BCUT2D eigenvalue weighted by Gasteiger charge is 2.52. The van der Waals surface area contributed by atoms with Gasteiger partial charge in [0.25, 0.3) is 0 Å². The van der Waals surface area contributed by atoms with Gasteiger partial charge in [-0.2, -0.15) is 0 Å². The fraction of sp³-hybridized carbons (Fsp3) is 0.609. The molecule has 3 heterocycles. The lowest BCUT2D eigenvalue weighted by atomic mass is 9.61. The van der Waals surface area contributed by atoms with E-state index in [1.54, 1.807) is 18.2 Å². The number of imidazole rings is 1. The number of pyridine rings is 1. The number of piperidine rings is 2.